The molecule has 1 atom stereocenters. The van der Waals surface area contributed by atoms with Crippen molar-refractivity contribution >= 4 is 5.78 Å². The molecule has 2 heterocycles. The molecule has 0 amide bonds. The molecule has 6 nitrogen and oxygen atoms in total. The second-order valence-corrected chi connectivity index (χ2v) is 9.59. The highest BCUT2D eigenvalue weighted by molar-refractivity contribution is 6.01. The predicted molar refractivity (Wildman–Crippen MR) is 144 cm³/mol. The van der Waals surface area contributed by atoms with E-state index >= 15 is 4.39 Å². The van der Waals surface area contributed by atoms with Gasteiger partial charge in [0.25, 0.3) is 0 Å². The number of hydrogen-bond donors (Lipinski definition) is 2. The highest BCUT2D eigenvalue weighted by atomic mass is 19.1. The summed E-state index contributed by atoms with van der Waals surface area (Å²) in [5.74, 6) is -0.607. The first-order chi connectivity index (χ1) is 18.0. The van der Waals surface area contributed by atoms with E-state index in [1.54, 1.807) is 23.0 Å². The van der Waals surface area contributed by atoms with Gasteiger partial charge < -0.3 is 10.6 Å². The van der Waals surface area contributed by atoms with Crippen molar-refractivity contribution in [3.8, 4) is 16.8 Å². The number of halogens is 1. The molecule has 1 aliphatic rings. The molecular formula is C30H32FN5O. The topological polar surface area (TPSA) is 76.2 Å². The lowest BCUT2D eigenvalue weighted by molar-refractivity contribution is 0.0920. The highest BCUT2D eigenvalue weighted by Gasteiger charge is 2.34. The molecule has 37 heavy (non-hydrogen) atoms. The van der Waals surface area contributed by atoms with Crippen LogP contribution in [0.2, 0.25) is 0 Å². The minimum atomic E-state index is -0.791. The number of nitrogens with one attached hydrogen (secondary N) is 1. The van der Waals surface area contributed by atoms with E-state index in [1.807, 2.05) is 48.5 Å². The van der Waals surface area contributed by atoms with Crippen molar-refractivity contribution in [2.45, 2.75) is 39.0 Å². The Morgan fingerprint density at radius 3 is 2.76 bits per heavy atom. The predicted octanol–water partition coefficient (Wildman–Crippen LogP) is 5.01. The molecule has 0 radical (unpaired) electrons. The van der Waals surface area contributed by atoms with E-state index in [4.69, 9.17) is 5.73 Å². The summed E-state index contributed by atoms with van der Waals surface area (Å²) in [4.78, 5) is 20.4. The largest absolute Gasteiger partial charge is 0.326 e. The lowest BCUT2D eigenvalue weighted by Crippen LogP contribution is -2.36. The highest BCUT2D eigenvalue weighted by Crippen LogP contribution is 2.32. The third-order valence-electron chi connectivity index (χ3n) is 6.92. The Hall–Kier alpha value is -3.65. The maximum Gasteiger partial charge on any atom is 0.203 e. The number of ketones is 1. The average Bonchev–Trinajstić information content (AvgIpc) is 3.35. The zero-order chi connectivity index (χ0) is 25.9. The number of nitrogens with two attached hydrogens (primary N) is 1. The number of imidazole rings is 1. The molecule has 1 aliphatic heterocycles. The van der Waals surface area contributed by atoms with Gasteiger partial charge in [-0.05, 0) is 60.5 Å². The minimum Gasteiger partial charge on any atom is -0.326 e. The summed E-state index contributed by atoms with van der Waals surface area (Å²) in [6.45, 7) is 4.71. The van der Waals surface area contributed by atoms with Crippen molar-refractivity contribution in [3.05, 3.63) is 107 Å². The van der Waals surface area contributed by atoms with E-state index in [2.05, 4.69) is 35.2 Å². The van der Waals surface area contributed by atoms with Gasteiger partial charge in [-0.15, -0.1) is 0 Å². The van der Waals surface area contributed by atoms with Crippen LogP contribution in [-0.4, -0.2) is 33.8 Å². The van der Waals surface area contributed by atoms with Gasteiger partial charge in [-0.1, -0.05) is 55.5 Å². The summed E-state index contributed by atoms with van der Waals surface area (Å²) in [5.41, 5.74) is 12.0. The Balaban J connectivity index is 1.45. The zero-order valence-electron chi connectivity index (χ0n) is 21.2. The first kappa shape index (κ1) is 25.0. The molecule has 1 unspecified atom stereocenters. The zero-order valence-corrected chi connectivity index (χ0v) is 21.2. The van der Waals surface area contributed by atoms with E-state index < -0.39 is 11.9 Å². The SMILES string of the molecule is CCCN(C)Cc1ccccc1-c1ccc(C2NCc3ncn(-c4cccc(CN)c4)c3C2=O)c(F)c1. The van der Waals surface area contributed by atoms with Crippen molar-refractivity contribution in [1.29, 1.82) is 0 Å². The van der Waals surface area contributed by atoms with Gasteiger partial charge in [-0.3, -0.25) is 14.7 Å². The van der Waals surface area contributed by atoms with E-state index in [0.717, 1.165) is 47.5 Å². The van der Waals surface area contributed by atoms with Gasteiger partial charge in [0.15, 0.2) is 0 Å². The molecule has 3 N–H and O–H groups in total. The molecule has 0 fully saturated rings. The number of benzene rings is 3. The lowest BCUT2D eigenvalue weighted by atomic mass is 9.92. The third kappa shape index (κ3) is 4.98. The Morgan fingerprint density at radius 1 is 1.14 bits per heavy atom. The second kappa shape index (κ2) is 10.8. The van der Waals surface area contributed by atoms with Crippen LogP contribution in [0.5, 0.6) is 0 Å². The van der Waals surface area contributed by atoms with E-state index in [-0.39, 0.29) is 5.78 Å². The van der Waals surface area contributed by atoms with Gasteiger partial charge in [0, 0.05) is 30.9 Å². The monoisotopic (exact) mass is 497 g/mol. The summed E-state index contributed by atoms with van der Waals surface area (Å²) in [6.07, 6.45) is 2.72. The standard InChI is InChI=1S/C30H32FN5O/c1-3-13-35(2)18-22-8-4-5-10-24(22)21-11-12-25(26(31)15-21)28-30(37)29-27(17-33-28)34-19-36(29)23-9-6-7-20(14-23)16-32/h4-12,14-15,19,28,33H,3,13,16-18,32H2,1-2H3. The molecule has 1 aromatic heterocycles. The summed E-state index contributed by atoms with van der Waals surface area (Å²) in [6, 6.07) is 20.2. The molecule has 190 valence electrons. The van der Waals surface area contributed by atoms with Crippen LogP contribution in [0.4, 0.5) is 4.39 Å². The second-order valence-electron chi connectivity index (χ2n) is 9.59. The molecule has 3 aromatic carbocycles. The molecule has 0 saturated heterocycles. The summed E-state index contributed by atoms with van der Waals surface area (Å²) < 4.78 is 17.4. The molecule has 5 rings (SSSR count). The van der Waals surface area contributed by atoms with Crippen molar-refractivity contribution in [2.75, 3.05) is 13.6 Å². The average molecular weight is 498 g/mol. The van der Waals surface area contributed by atoms with Crippen LogP contribution in [0.25, 0.3) is 16.8 Å². The first-order valence-electron chi connectivity index (χ1n) is 12.7. The number of Topliss-reactive ketones (excluding diaryl/α,β-unsaturated/α-hetero) is 1. The van der Waals surface area contributed by atoms with Crippen molar-refractivity contribution in [2.24, 2.45) is 5.73 Å². The number of aromatic nitrogens is 2. The maximum absolute atomic E-state index is 15.6. The Kier molecular flexibility index (Phi) is 7.28. The summed E-state index contributed by atoms with van der Waals surface area (Å²) in [7, 11) is 2.09. The molecule has 4 aromatic rings. The van der Waals surface area contributed by atoms with Crippen LogP contribution in [0.3, 0.4) is 0 Å². The number of hydrogen-bond acceptors (Lipinski definition) is 5. The van der Waals surface area contributed by atoms with Crippen LogP contribution in [0.15, 0.2) is 73.1 Å². The van der Waals surface area contributed by atoms with Crippen molar-refractivity contribution in [1.82, 2.24) is 19.8 Å². The Labute approximate surface area is 216 Å². The van der Waals surface area contributed by atoms with Gasteiger partial charge in [-0.25, -0.2) is 9.37 Å². The fourth-order valence-corrected chi connectivity index (χ4v) is 5.10. The quantitative estimate of drug-likeness (QED) is 0.358. The molecule has 0 saturated carbocycles. The van der Waals surface area contributed by atoms with Crippen LogP contribution in [0.1, 0.15) is 52.3 Å². The lowest BCUT2D eigenvalue weighted by Gasteiger charge is -2.24. The number of carbonyl (C=O) groups excluding carboxylic acids is 1. The maximum atomic E-state index is 15.6. The minimum absolute atomic E-state index is 0.204. The molecule has 0 bridgehead atoms. The van der Waals surface area contributed by atoms with Crippen LogP contribution >= 0.6 is 0 Å². The van der Waals surface area contributed by atoms with Gasteiger partial charge >= 0.3 is 0 Å². The number of rotatable bonds is 8. The summed E-state index contributed by atoms with van der Waals surface area (Å²) in [5, 5.41) is 3.19. The molecule has 7 heteroatoms. The van der Waals surface area contributed by atoms with Gasteiger partial charge in [0.1, 0.15) is 23.9 Å². The van der Waals surface area contributed by atoms with Gasteiger partial charge in [0.2, 0.25) is 5.78 Å². The van der Waals surface area contributed by atoms with E-state index in [0.29, 0.717) is 30.0 Å². The summed E-state index contributed by atoms with van der Waals surface area (Å²) >= 11 is 0. The van der Waals surface area contributed by atoms with E-state index in [9.17, 15) is 4.79 Å². The fourth-order valence-electron chi connectivity index (χ4n) is 5.10. The fraction of sp³-hybridized carbons (Fsp3) is 0.267. The third-order valence-corrected chi connectivity index (χ3v) is 6.92. The number of fused-ring (bicyclic) bond motifs is 1. The van der Waals surface area contributed by atoms with Gasteiger partial charge in [0.05, 0.1) is 5.69 Å². The van der Waals surface area contributed by atoms with Crippen molar-refractivity contribution in [3.63, 3.8) is 0 Å². The Morgan fingerprint density at radius 2 is 1.97 bits per heavy atom. The van der Waals surface area contributed by atoms with Crippen LogP contribution in [0, 0.1) is 5.82 Å². The number of carbonyl (C=O) groups is 1. The molecular weight excluding hydrogens is 465 g/mol. The van der Waals surface area contributed by atoms with E-state index in [1.165, 1.54) is 0 Å². The normalized spacial score (nSPS) is 15.3. The van der Waals surface area contributed by atoms with Crippen LogP contribution < -0.4 is 11.1 Å². The number of nitrogens with zero attached hydrogens (tertiary/aromatic N) is 3. The Bertz CT molecular complexity index is 1430. The first-order valence-corrected chi connectivity index (χ1v) is 12.7. The van der Waals surface area contributed by atoms with Crippen LogP contribution in [-0.2, 0) is 19.6 Å². The van der Waals surface area contributed by atoms with Crippen molar-refractivity contribution < 1.29 is 9.18 Å². The van der Waals surface area contributed by atoms with Gasteiger partial charge in [-0.2, -0.15) is 0 Å². The molecule has 0 aliphatic carbocycles. The molecule has 0 spiro atoms. The smallest absolute Gasteiger partial charge is 0.203 e.